The van der Waals surface area contributed by atoms with Gasteiger partial charge >= 0.3 is 0 Å². The second-order valence-electron chi connectivity index (χ2n) is 6.14. The smallest absolute Gasteiger partial charge is 0.229 e. The van der Waals surface area contributed by atoms with Gasteiger partial charge in [0.15, 0.2) is 0 Å². The molecule has 5 heteroatoms. The average Bonchev–Trinajstić information content (AvgIpc) is 2.94. The van der Waals surface area contributed by atoms with E-state index in [9.17, 15) is 9.59 Å². The molecule has 4 nitrogen and oxygen atoms in total. The Hall–Kier alpha value is -2.14. The molecule has 2 aromatic carbocycles. The fourth-order valence-electron chi connectivity index (χ4n) is 2.82. The van der Waals surface area contributed by atoms with Gasteiger partial charge in [0.1, 0.15) is 0 Å². The Morgan fingerprint density at radius 3 is 2.62 bits per heavy atom. The van der Waals surface area contributed by atoms with E-state index in [0.717, 1.165) is 21.4 Å². The number of aryl methyl sites for hydroxylation is 2. The van der Waals surface area contributed by atoms with E-state index in [4.69, 9.17) is 0 Å². The van der Waals surface area contributed by atoms with E-state index < -0.39 is 0 Å². The quantitative estimate of drug-likeness (QED) is 0.864. The van der Waals surface area contributed by atoms with Crippen LogP contribution in [0.25, 0.3) is 0 Å². The van der Waals surface area contributed by atoms with E-state index in [1.165, 1.54) is 5.56 Å². The molecule has 1 aliphatic rings. The average molecular weight is 387 g/mol. The van der Waals surface area contributed by atoms with Gasteiger partial charge in [-0.15, -0.1) is 0 Å². The van der Waals surface area contributed by atoms with Gasteiger partial charge in [-0.05, 0) is 65.2 Å². The number of halogens is 1. The first-order valence-electron chi connectivity index (χ1n) is 7.88. The molecule has 3 rings (SSSR count). The predicted octanol–water partition coefficient (Wildman–Crippen LogP) is 4.06. The summed E-state index contributed by atoms with van der Waals surface area (Å²) in [4.78, 5) is 26.5. The minimum atomic E-state index is -0.341. The van der Waals surface area contributed by atoms with Gasteiger partial charge in [0.2, 0.25) is 11.8 Å². The topological polar surface area (TPSA) is 49.4 Å². The van der Waals surface area contributed by atoms with Crippen molar-refractivity contribution in [1.82, 2.24) is 0 Å². The molecule has 0 aromatic heterocycles. The van der Waals surface area contributed by atoms with Crippen LogP contribution in [0.1, 0.15) is 17.5 Å². The highest BCUT2D eigenvalue weighted by atomic mass is 79.9. The zero-order valence-electron chi connectivity index (χ0n) is 13.7. The van der Waals surface area contributed by atoms with Crippen molar-refractivity contribution in [2.75, 3.05) is 16.8 Å². The van der Waals surface area contributed by atoms with Crippen molar-refractivity contribution in [3.8, 4) is 0 Å². The molecule has 0 unspecified atom stereocenters. The summed E-state index contributed by atoms with van der Waals surface area (Å²) in [5, 5.41) is 2.90. The van der Waals surface area contributed by atoms with Gasteiger partial charge in [-0.2, -0.15) is 0 Å². The highest BCUT2D eigenvalue weighted by molar-refractivity contribution is 9.10. The number of carbonyl (C=O) groups excluding carboxylic acids is 2. The number of hydrogen-bond donors (Lipinski definition) is 1. The molecule has 2 aromatic rings. The van der Waals surface area contributed by atoms with Gasteiger partial charge in [0, 0.05) is 23.1 Å². The highest BCUT2D eigenvalue weighted by Crippen LogP contribution is 2.28. The number of rotatable bonds is 3. The third-order valence-electron chi connectivity index (χ3n) is 4.43. The van der Waals surface area contributed by atoms with Crippen LogP contribution < -0.4 is 10.2 Å². The Labute approximate surface area is 150 Å². The molecular weight excluding hydrogens is 368 g/mol. The lowest BCUT2D eigenvalue weighted by molar-refractivity contribution is -0.122. The monoisotopic (exact) mass is 386 g/mol. The number of nitrogens with zero attached hydrogens (tertiary/aromatic N) is 1. The molecule has 0 bridgehead atoms. The fraction of sp³-hybridized carbons (Fsp3) is 0.263. The first-order valence-corrected chi connectivity index (χ1v) is 8.68. The molecule has 0 spiro atoms. The van der Waals surface area contributed by atoms with Gasteiger partial charge in [0.25, 0.3) is 0 Å². The van der Waals surface area contributed by atoms with Crippen LogP contribution in [0.5, 0.6) is 0 Å². The maximum absolute atomic E-state index is 12.5. The van der Waals surface area contributed by atoms with E-state index >= 15 is 0 Å². The highest BCUT2D eigenvalue weighted by Gasteiger charge is 2.35. The molecule has 1 atom stereocenters. The normalized spacial score (nSPS) is 17.2. The Balaban J connectivity index is 1.73. The zero-order chi connectivity index (χ0) is 17.3. The van der Waals surface area contributed by atoms with Gasteiger partial charge in [-0.25, -0.2) is 0 Å². The van der Waals surface area contributed by atoms with Crippen LogP contribution >= 0.6 is 15.9 Å². The Morgan fingerprint density at radius 2 is 1.92 bits per heavy atom. The van der Waals surface area contributed by atoms with Crippen LogP contribution in [-0.4, -0.2) is 18.4 Å². The summed E-state index contributed by atoms with van der Waals surface area (Å²) < 4.78 is 0.827. The number of anilines is 2. The zero-order valence-corrected chi connectivity index (χ0v) is 15.3. The molecule has 1 aliphatic heterocycles. The van der Waals surface area contributed by atoms with Crippen LogP contribution in [0.4, 0.5) is 11.4 Å². The summed E-state index contributed by atoms with van der Waals surface area (Å²) in [6.07, 6.45) is 0.239. The fourth-order valence-corrected chi connectivity index (χ4v) is 3.21. The number of nitrogens with one attached hydrogen (secondary N) is 1. The van der Waals surface area contributed by atoms with Crippen LogP contribution in [0.3, 0.4) is 0 Å². The van der Waals surface area contributed by atoms with Crippen LogP contribution in [0.2, 0.25) is 0 Å². The first kappa shape index (κ1) is 16.7. The van der Waals surface area contributed by atoms with Crippen LogP contribution in [-0.2, 0) is 9.59 Å². The second-order valence-corrected chi connectivity index (χ2v) is 7.00. The molecule has 124 valence electrons. The Morgan fingerprint density at radius 1 is 1.17 bits per heavy atom. The Kier molecular flexibility index (Phi) is 4.71. The third kappa shape index (κ3) is 3.36. The molecule has 0 radical (unpaired) electrons. The minimum absolute atomic E-state index is 0.00877. The van der Waals surface area contributed by atoms with E-state index in [2.05, 4.69) is 21.2 Å². The van der Waals surface area contributed by atoms with Crippen molar-refractivity contribution in [2.24, 2.45) is 5.92 Å². The summed E-state index contributed by atoms with van der Waals surface area (Å²) >= 11 is 3.42. The van der Waals surface area contributed by atoms with Crippen LogP contribution in [0, 0.1) is 19.8 Å². The maximum atomic E-state index is 12.5. The number of carbonyl (C=O) groups is 2. The van der Waals surface area contributed by atoms with Gasteiger partial charge in [-0.3, -0.25) is 9.59 Å². The van der Waals surface area contributed by atoms with Crippen molar-refractivity contribution in [3.63, 3.8) is 0 Å². The molecule has 2 amide bonds. The molecule has 1 saturated heterocycles. The van der Waals surface area contributed by atoms with E-state index in [1.807, 2.05) is 56.3 Å². The first-order chi connectivity index (χ1) is 11.5. The predicted molar refractivity (Wildman–Crippen MR) is 99.1 cm³/mol. The van der Waals surface area contributed by atoms with Crippen molar-refractivity contribution in [2.45, 2.75) is 20.3 Å². The maximum Gasteiger partial charge on any atom is 0.229 e. The standard InChI is InChI=1S/C19H19BrN2O2/c1-12-7-8-15(9-13(12)2)22-11-14(10-18(22)23)19(24)21-17-6-4-3-5-16(17)20/h3-9,14H,10-11H2,1-2H3,(H,21,24)/t14-/m0/s1. The molecule has 1 heterocycles. The molecule has 24 heavy (non-hydrogen) atoms. The summed E-state index contributed by atoms with van der Waals surface area (Å²) in [6, 6.07) is 13.4. The number of amides is 2. The summed E-state index contributed by atoms with van der Waals surface area (Å²) in [5.74, 6) is -0.474. The van der Waals surface area contributed by atoms with E-state index in [-0.39, 0.29) is 24.2 Å². The summed E-state index contributed by atoms with van der Waals surface area (Å²) in [7, 11) is 0. The number of benzene rings is 2. The SMILES string of the molecule is Cc1ccc(N2C[C@@H](C(=O)Nc3ccccc3Br)CC2=O)cc1C. The lowest BCUT2D eigenvalue weighted by Gasteiger charge is -2.18. The number of para-hydroxylation sites is 1. The van der Waals surface area contributed by atoms with Crippen molar-refractivity contribution in [1.29, 1.82) is 0 Å². The molecule has 1 fully saturated rings. The van der Waals surface area contributed by atoms with Crippen molar-refractivity contribution >= 4 is 39.1 Å². The van der Waals surface area contributed by atoms with Crippen LogP contribution in [0.15, 0.2) is 46.9 Å². The van der Waals surface area contributed by atoms with Gasteiger partial charge < -0.3 is 10.2 Å². The minimum Gasteiger partial charge on any atom is -0.325 e. The Bertz CT molecular complexity index is 804. The molecule has 0 aliphatic carbocycles. The molecular formula is C19H19BrN2O2. The second kappa shape index (κ2) is 6.77. The largest absolute Gasteiger partial charge is 0.325 e. The molecule has 0 saturated carbocycles. The number of hydrogen-bond acceptors (Lipinski definition) is 2. The van der Waals surface area contributed by atoms with Crippen molar-refractivity contribution < 1.29 is 9.59 Å². The lowest BCUT2D eigenvalue weighted by Crippen LogP contribution is -2.28. The summed E-state index contributed by atoms with van der Waals surface area (Å²) in [5.41, 5.74) is 3.91. The van der Waals surface area contributed by atoms with E-state index in [1.54, 1.807) is 4.90 Å². The van der Waals surface area contributed by atoms with E-state index in [0.29, 0.717) is 6.54 Å². The lowest BCUT2D eigenvalue weighted by atomic mass is 10.1. The molecule has 1 N–H and O–H groups in total. The summed E-state index contributed by atoms with van der Waals surface area (Å²) in [6.45, 7) is 4.48. The van der Waals surface area contributed by atoms with Gasteiger partial charge in [-0.1, -0.05) is 18.2 Å². The van der Waals surface area contributed by atoms with Crippen molar-refractivity contribution in [3.05, 3.63) is 58.1 Å². The van der Waals surface area contributed by atoms with Gasteiger partial charge in [0.05, 0.1) is 11.6 Å². The third-order valence-corrected chi connectivity index (χ3v) is 5.12.